The number of anilines is 1. The molecule has 0 bridgehead atoms. The third-order valence-corrected chi connectivity index (χ3v) is 18.0. The van der Waals surface area contributed by atoms with Crippen molar-refractivity contribution in [1.29, 1.82) is 0 Å². The van der Waals surface area contributed by atoms with Gasteiger partial charge in [0.25, 0.3) is 17.3 Å². The number of fused-ring (bicyclic) bond motifs is 1. The van der Waals surface area contributed by atoms with E-state index in [1.807, 2.05) is 69.3 Å². The van der Waals surface area contributed by atoms with Crippen LogP contribution in [-0.2, 0) is 54.3 Å². The van der Waals surface area contributed by atoms with E-state index in [1.165, 1.54) is 34.1 Å². The third-order valence-electron chi connectivity index (χ3n) is 15.8. The van der Waals surface area contributed by atoms with Gasteiger partial charge >= 0.3 is 7.60 Å². The van der Waals surface area contributed by atoms with Crippen molar-refractivity contribution in [2.45, 2.75) is 115 Å². The van der Waals surface area contributed by atoms with E-state index < -0.39 is 72.9 Å². The van der Waals surface area contributed by atoms with Crippen LogP contribution in [0.4, 0.5) is 5.69 Å². The van der Waals surface area contributed by atoms with Gasteiger partial charge in [0.15, 0.2) is 5.76 Å². The minimum Gasteiger partial charge on any atom is -0.490 e. The molecule has 3 aliphatic heterocycles. The van der Waals surface area contributed by atoms with Gasteiger partial charge in [-0.3, -0.25) is 43.0 Å². The Labute approximate surface area is 508 Å². The number of aromatic amines is 1. The number of aromatic nitrogens is 3. The zero-order valence-corrected chi connectivity index (χ0v) is 50.2. The van der Waals surface area contributed by atoms with E-state index in [1.54, 1.807) is 35.0 Å². The number of aliphatic hydroxyl groups excluding tert-OH is 1. The van der Waals surface area contributed by atoms with Crippen molar-refractivity contribution in [3.63, 3.8) is 0 Å². The van der Waals surface area contributed by atoms with E-state index in [0.29, 0.717) is 46.6 Å². The van der Waals surface area contributed by atoms with Crippen molar-refractivity contribution in [3.8, 4) is 22.1 Å². The number of halogens is 1. The van der Waals surface area contributed by atoms with Crippen molar-refractivity contribution in [1.82, 2.24) is 36.0 Å². The van der Waals surface area contributed by atoms with Crippen LogP contribution in [-0.4, -0.2) is 126 Å². The lowest BCUT2D eigenvalue weighted by Crippen LogP contribution is -2.56. The molecule has 6 heterocycles. The number of likely N-dealkylation sites (tertiary alicyclic amines) is 1. The van der Waals surface area contributed by atoms with Gasteiger partial charge in [-0.25, -0.2) is 4.98 Å². The number of amides is 6. The number of H-pyrrole nitrogens is 1. The average molecular weight is 1250 g/mol. The topological polar surface area (TPSA) is 339 Å². The number of β-amino-alcohol motifs (C(OH)–C–C–N with tert-alkyl or cyclic N) is 1. The molecule has 0 saturated carbocycles. The number of aliphatic hydroxyl groups is 1. The number of carbonyl (C=O) groups is 7. The van der Waals surface area contributed by atoms with Gasteiger partial charge in [-0.2, -0.15) is 0 Å². The van der Waals surface area contributed by atoms with Gasteiger partial charge in [0.1, 0.15) is 42.1 Å². The van der Waals surface area contributed by atoms with Crippen LogP contribution in [0.25, 0.3) is 21.3 Å². The van der Waals surface area contributed by atoms with Gasteiger partial charge in [-0.15, -0.1) is 11.3 Å². The number of nitrogens with zero attached hydrogens (tertiary/aromatic N) is 4. The van der Waals surface area contributed by atoms with Crippen LogP contribution in [0.1, 0.15) is 106 Å². The van der Waals surface area contributed by atoms with E-state index in [4.69, 9.17) is 31.3 Å². The number of benzene rings is 4. The number of aryl methyl sites for hydroxylation is 3. The summed E-state index contributed by atoms with van der Waals surface area (Å²) < 4.78 is 29.5. The van der Waals surface area contributed by atoms with Crippen molar-refractivity contribution in [3.05, 3.63) is 146 Å². The summed E-state index contributed by atoms with van der Waals surface area (Å²) in [5.41, 5.74) is 11.9. The summed E-state index contributed by atoms with van der Waals surface area (Å²) in [6, 6.07) is 21.7. The molecule has 9 N–H and O–H groups in total. The molecule has 4 aromatic carbocycles. The molecule has 456 valence electrons. The van der Waals surface area contributed by atoms with Gasteiger partial charge in [-0.05, 0) is 108 Å². The van der Waals surface area contributed by atoms with Crippen LogP contribution in [0.15, 0.2) is 101 Å². The highest BCUT2D eigenvalue weighted by molar-refractivity contribution is 7.70. The number of para-hydroxylation sites is 1. The first-order chi connectivity index (χ1) is 41.6. The molecule has 23 nitrogen and oxygen atoms in total. The van der Waals surface area contributed by atoms with Crippen LogP contribution in [0, 0.1) is 12.8 Å². The Bertz CT molecular complexity index is 3820. The second-order valence-electron chi connectivity index (χ2n) is 22.3. The molecule has 26 heteroatoms. The zero-order valence-electron chi connectivity index (χ0n) is 47.7. The fraction of sp³-hybridized carbons (Fsp3) is 0.361. The monoisotopic (exact) mass is 1250 g/mol. The van der Waals surface area contributed by atoms with Crippen LogP contribution in [0.5, 0.6) is 11.6 Å². The van der Waals surface area contributed by atoms with Gasteiger partial charge in [0.05, 0.1) is 45.5 Å². The summed E-state index contributed by atoms with van der Waals surface area (Å²) in [4.78, 5) is 125. The lowest BCUT2D eigenvalue weighted by atomic mass is 9.91. The number of hydrogen-bond donors (Lipinski definition) is 8. The molecule has 87 heavy (non-hydrogen) atoms. The molecule has 3 aromatic heterocycles. The normalized spacial score (nSPS) is 18.0. The Morgan fingerprint density at radius 3 is 2.47 bits per heavy atom. The van der Waals surface area contributed by atoms with Gasteiger partial charge in [0, 0.05) is 54.9 Å². The highest BCUT2D eigenvalue weighted by atomic mass is 35.5. The Morgan fingerprint density at radius 2 is 1.74 bits per heavy atom. The molecule has 0 radical (unpaired) electrons. The van der Waals surface area contributed by atoms with E-state index in [2.05, 4.69) is 31.1 Å². The number of nitrogens with two attached hydrogens (primary N) is 1. The SMILES string of the molecule is Cc1ncsc1-c1ccc(CNC(=O)[C@@H]2C[C@@H](O)CN2C(=O)[C@@H](c2cc(OCCCc3cccc(OC[C@H](CCC(N)=O)NC(=O)[C@@H]4Cc5cccc6c5N4C(=O)[C@@H](NC(=O)c4cc5cc(C(=O)P(=O)(O)O)ccc5[nH]4)CC6)c3Cl)no2)C(C)C)cc1. The molecule has 0 spiro atoms. The van der Waals surface area contributed by atoms with E-state index in [-0.39, 0.29) is 99.0 Å². The Kier molecular flexibility index (Phi) is 18.7. The maximum absolute atomic E-state index is 14.6. The molecule has 0 unspecified atom stereocenters. The number of primary amides is 1. The van der Waals surface area contributed by atoms with Gasteiger partial charge in [-0.1, -0.05) is 80.0 Å². The molecular weight excluding hydrogens is 1180 g/mol. The lowest BCUT2D eigenvalue weighted by molar-refractivity contribution is -0.141. The highest BCUT2D eigenvalue weighted by Gasteiger charge is 2.46. The third kappa shape index (κ3) is 14.0. The molecule has 10 rings (SSSR count). The summed E-state index contributed by atoms with van der Waals surface area (Å²) in [5.74, 6) is -3.47. The zero-order chi connectivity index (χ0) is 61.8. The molecule has 1 fully saturated rings. The number of carbonyl (C=O) groups excluding carboxylic acids is 7. The predicted octanol–water partition coefficient (Wildman–Crippen LogP) is 6.42. The van der Waals surface area contributed by atoms with E-state index in [0.717, 1.165) is 38.4 Å². The molecule has 7 aromatic rings. The lowest BCUT2D eigenvalue weighted by Gasteiger charge is -2.29. The smallest absolute Gasteiger partial charge is 0.396 e. The average Bonchev–Trinajstić information content (AvgIpc) is 1.92. The van der Waals surface area contributed by atoms with Crippen molar-refractivity contribution in [2.75, 3.05) is 24.7 Å². The second kappa shape index (κ2) is 26.4. The Balaban J connectivity index is 0.731. The maximum atomic E-state index is 14.6. The second-order valence-corrected chi connectivity index (χ2v) is 25.0. The summed E-state index contributed by atoms with van der Waals surface area (Å²) in [6.07, 6.45) is 0.849. The quantitative estimate of drug-likeness (QED) is 0.0239. The fourth-order valence-corrected chi connectivity index (χ4v) is 13.0. The highest BCUT2D eigenvalue weighted by Crippen LogP contribution is 2.41. The predicted molar refractivity (Wildman–Crippen MR) is 321 cm³/mol. The van der Waals surface area contributed by atoms with Gasteiger partial charge in [0.2, 0.25) is 29.5 Å². The maximum Gasteiger partial charge on any atom is 0.396 e. The number of hydrogen-bond acceptors (Lipinski definition) is 15. The summed E-state index contributed by atoms with van der Waals surface area (Å²) >= 11 is 8.48. The number of nitrogens with one attached hydrogen (secondary N) is 4. The van der Waals surface area contributed by atoms with E-state index >= 15 is 0 Å². The first-order valence-electron chi connectivity index (χ1n) is 28.4. The molecular formula is C61H65ClN9O14PS. The molecule has 1 saturated heterocycles. The first kappa shape index (κ1) is 61.8. The van der Waals surface area contributed by atoms with Crippen molar-refractivity contribution >= 4 is 88.1 Å². The molecule has 6 atom stereocenters. The van der Waals surface area contributed by atoms with Crippen LogP contribution >= 0.6 is 30.5 Å². The standard InChI is InChI=1S/C61H65ClN9O14PS/c1-32(2)52(60(78)70-29-42(72)26-46(70)57(75)64-28-34-12-14-37(15-13-34)55-33(3)65-31-87-55)49-27-51(69-85-49)83-22-6-10-35-7-5-11-48(53(35)62)84-30-41(18-21-50(63)73)66-58(76)47-25-38-9-4-8-36-16-20-44(59(77)71(47)54(36)38)68-56(74)45-24-40-23-39(17-19-43(40)67-45)61(79)86(80,81)82/h4-5,7-9,11-15,17,19,23-24,27,31-32,41-42,44,46-47,52,67,72H,6,10,16,18,20-22,25-26,28-30H2,1-3H3,(H2,63,73)(H,64,75)(H,66,76)(H,68,74)(H2,80,81,82)/t41-,42+,44-,46-,47-,52+/m0/s1. The van der Waals surface area contributed by atoms with Crippen LogP contribution in [0.2, 0.25) is 5.02 Å². The summed E-state index contributed by atoms with van der Waals surface area (Å²) in [7, 11) is -5.06. The summed E-state index contributed by atoms with van der Waals surface area (Å²) in [5, 5.41) is 24.2. The van der Waals surface area contributed by atoms with Crippen molar-refractivity contribution in [2.24, 2.45) is 11.7 Å². The van der Waals surface area contributed by atoms with Crippen LogP contribution in [0.3, 0.4) is 0 Å². The van der Waals surface area contributed by atoms with Crippen molar-refractivity contribution < 1.29 is 67.0 Å². The minimum absolute atomic E-state index is 0.0183. The van der Waals surface area contributed by atoms with E-state index in [9.17, 15) is 53.0 Å². The van der Waals surface area contributed by atoms with Gasteiger partial charge < -0.3 is 60.5 Å². The summed E-state index contributed by atoms with van der Waals surface area (Å²) in [6.45, 7) is 5.94. The number of thiazole rings is 1. The largest absolute Gasteiger partial charge is 0.490 e. The fourth-order valence-electron chi connectivity index (χ4n) is 11.4. The first-order valence-corrected chi connectivity index (χ1v) is 31.3. The Hall–Kier alpha value is -8.25. The number of ether oxygens (including phenoxy) is 2. The molecule has 3 aliphatic rings. The Morgan fingerprint density at radius 1 is 0.966 bits per heavy atom. The molecule has 6 amide bonds. The number of rotatable bonds is 24. The molecule has 0 aliphatic carbocycles. The minimum atomic E-state index is -5.06. The van der Waals surface area contributed by atoms with Crippen LogP contribution < -0.4 is 36.1 Å².